The molecule has 2 amide bonds. The average molecular weight is 473 g/mol. The minimum atomic E-state index is -0.506. The van der Waals surface area contributed by atoms with Crippen molar-refractivity contribution < 1.29 is 9.59 Å². The fourth-order valence-corrected chi connectivity index (χ4v) is 4.88. The minimum absolute atomic E-state index is 0.0121. The lowest BCUT2D eigenvalue weighted by atomic mass is 10.1. The molecule has 0 spiro atoms. The number of fused-ring (bicyclic) bond motifs is 1. The van der Waals surface area contributed by atoms with Crippen LogP contribution in [0.3, 0.4) is 0 Å². The van der Waals surface area contributed by atoms with E-state index in [1.807, 2.05) is 42.8 Å². The van der Waals surface area contributed by atoms with E-state index >= 15 is 0 Å². The Morgan fingerprint density at radius 1 is 1.18 bits per heavy atom. The second kappa shape index (κ2) is 10.6. The number of carbonyl (C=O) groups is 2. The lowest BCUT2D eigenvalue weighted by Crippen LogP contribution is -2.52. The van der Waals surface area contributed by atoms with Crippen molar-refractivity contribution in [2.45, 2.75) is 45.7 Å². The number of amides is 2. The van der Waals surface area contributed by atoms with Crippen LogP contribution < -0.4 is 15.1 Å². The van der Waals surface area contributed by atoms with Crippen molar-refractivity contribution in [2.75, 3.05) is 49.1 Å². The highest BCUT2D eigenvalue weighted by Gasteiger charge is 2.34. The summed E-state index contributed by atoms with van der Waals surface area (Å²) in [6, 6.07) is 9.38. The van der Waals surface area contributed by atoms with Gasteiger partial charge in [0.25, 0.3) is 0 Å². The number of hydrogen-bond donors (Lipinski definition) is 1. The van der Waals surface area contributed by atoms with Gasteiger partial charge in [0, 0.05) is 55.9 Å². The predicted molar refractivity (Wildman–Crippen MR) is 131 cm³/mol. The summed E-state index contributed by atoms with van der Waals surface area (Å²) in [6.45, 7) is 9.88. The Morgan fingerprint density at radius 2 is 1.97 bits per heavy atom. The smallest absolute Gasteiger partial charge is 0.243 e. The molecule has 1 fully saturated rings. The zero-order chi connectivity index (χ0) is 23.4. The molecular formula is C24H33ClN6O2. The van der Waals surface area contributed by atoms with Crippen LogP contribution in [0.4, 0.5) is 11.5 Å². The van der Waals surface area contributed by atoms with Gasteiger partial charge in [-0.15, -0.1) is 0 Å². The number of benzene rings is 1. The number of carbonyl (C=O) groups excluding carboxylic acids is 2. The van der Waals surface area contributed by atoms with Crippen LogP contribution in [-0.2, 0) is 16.1 Å². The highest BCUT2D eigenvalue weighted by Crippen LogP contribution is 2.26. The van der Waals surface area contributed by atoms with E-state index in [2.05, 4.69) is 26.3 Å². The summed E-state index contributed by atoms with van der Waals surface area (Å²) in [5.74, 6) is 0.620. The molecule has 0 radical (unpaired) electrons. The number of piperazine rings is 1. The number of aryl methyl sites for hydroxylation is 2. The molecule has 1 saturated heterocycles. The van der Waals surface area contributed by atoms with Gasteiger partial charge in [0.2, 0.25) is 11.8 Å². The lowest BCUT2D eigenvalue weighted by molar-refractivity contribution is -0.127. The highest BCUT2D eigenvalue weighted by molar-refractivity contribution is 6.30. The maximum Gasteiger partial charge on any atom is 0.243 e. The SMILES string of the molecule is CC[C@H](C(=O)NCCCN1CCN(c2cccc(Cl)c2)CC1)N1C(=O)CCn2nc(C)cc21. The second-order valence-corrected chi connectivity index (χ2v) is 9.19. The number of hydrogen-bond acceptors (Lipinski definition) is 5. The topological polar surface area (TPSA) is 73.7 Å². The quantitative estimate of drug-likeness (QED) is 0.598. The van der Waals surface area contributed by atoms with E-state index < -0.39 is 6.04 Å². The van der Waals surface area contributed by atoms with Gasteiger partial charge < -0.3 is 10.2 Å². The number of nitrogens with zero attached hydrogens (tertiary/aromatic N) is 5. The fourth-order valence-electron chi connectivity index (χ4n) is 4.69. The van der Waals surface area contributed by atoms with Crippen LogP contribution in [0, 0.1) is 6.92 Å². The number of nitrogens with one attached hydrogen (secondary N) is 1. The third-order valence-electron chi connectivity index (χ3n) is 6.43. The van der Waals surface area contributed by atoms with Crippen molar-refractivity contribution in [1.82, 2.24) is 20.0 Å². The third kappa shape index (κ3) is 5.50. The third-order valence-corrected chi connectivity index (χ3v) is 6.67. The van der Waals surface area contributed by atoms with E-state index in [4.69, 9.17) is 11.6 Å². The number of rotatable bonds is 8. The summed E-state index contributed by atoms with van der Waals surface area (Å²) in [6.07, 6.45) is 1.82. The van der Waals surface area contributed by atoms with Crippen LogP contribution in [0.5, 0.6) is 0 Å². The molecule has 1 aromatic carbocycles. The lowest BCUT2D eigenvalue weighted by Gasteiger charge is -2.36. The van der Waals surface area contributed by atoms with Gasteiger partial charge in [-0.05, 0) is 44.5 Å². The van der Waals surface area contributed by atoms with Crippen molar-refractivity contribution in [2.24, 2.45) is 0 Å². The molecule has 2 aliphatic heterocycles. The van der Waals surface area contributed by atoms with Gasteiger partial charge in [-0.3, -0.25) is 19.4 Å². The highest BCUT2D eigenvalue weighted by atomic mass is 35.5. The van der Waals surface area contributed by atoms with Crippen LogP contribution in [-0.4, -0.2) is 71.8 Å². The Hall–Kier alpha value is -2.58. The standard InChI is InChI=1S/C24H33ClN6O2/c1-3-21(31-22-16-18(2)27-30(22)11-8-23(31)32)24(33)26-9-5-10-28-12-14-29(15-13-28)20-7-4-6-19(25)17-20/h4,6-7,16-17,21H,3,5,8-15H2,1-2H3,(H,26,33)/t21-/m1/s1. The predicted octanol–water partition coefficient (Wildman–Crippen LogP) is 2.69. The van der Waals surface area contributed by atoms with Gasteiger partial charge in [0.05, 0.1) is 12.2 Å². The fraction of sp³-hybridized carbons (Fsp3) is 0.542. The Morgan fingerprint density at radius 3 is 2.70 bits per heavy atom. The van der Waals surface area contributed by atoms with Crippen molar-refractivity contribution in [3.8, 4) is 0 Å². The summed E-state index contributed by atoms with van der Waals surface area (Å²) < 4.78 is 1.83. The van der Waals surface area contributed by atoms with Crippen molar-refractivity contribution in [3.05, 3.63) is 41.0 Å². The molecule has 0 unspecified atom stereocenters. The molecule has 4 rings (SSSR count). The Balaban J connectivity index is 1.23. The molecule has 2 aliphatic rings. The maximum atomic E-state index is 12.9. The molecule has 0 aliphatic carbocycles. The van der Waals surface area contributed by atoms with Crippen LogP contribution >= 0.6 is 11.6 Å². The first-order chi connectivity index (χ1) is 16.0. The van der Waals surface area contributed by atoms with Gasteiger partial charge in [0.15, 0.2) is 0 Å². The molecule has 2 aromatic rings. The van der Waals surface area contributed by atoms with Gasteiger partial charge in [-0.2, -0.15) is 5.10 Å². The number of halogens is 1. The van der Waals surface area contributed by atoms with E-state index in [9.17, 15) is 9.59 Å². The average Bonchev–Trinajstić information content (AvgIpc) is 3.19. The van der Waals surface area contributed by atoms with Crippen LogP contribution in [0.1, 0.15) is 31.9 Å². The summed E-state index contributed by atoms with van der Waals surface area (Å²) in [7, 11) is 0. The molecule has 3 heterocycles. The molecule has 1 atom stereocenters. The second-order valence-electron chi connectivity index (χ2n) is 8.76. The normalized spacial score (nSPS) is 17.7. The van der Waals surface area contributed by atoms with E-state index in [1.165, 1.54) is 5.69 Å². The first-order valence-corrected chi connectivity index (χ1v) is 12.2. The summed E-state index contributed by atoms with van der Waals surface area (Å²) in [5.41, 5.74) is 2.03. The van der Waals surface area contributed by atoms with E-state index in [0.29, 0.717) is 25.9 Å². The van der Waals surface area contributed by atoms with Crippen LogP contribution in [0.25, 0.3) is 0 Å². The molecule has 178 valence electrons. The monoisotopic (exact) mass is 472 g/mol. The van der Waals surface area contributed by atoms with Crippen LogP contribution in [0.15, 0.2) is 30.3 Å². The van der Waals surface area contributed by atoms with Crippen molar-refractivity contribution in [1.29, 1.82) is 0 Å². The molecule has 8 nitrogen and oxygen atoms in total. The van der Waals surface area contributed by atoms with E-state index in [0.717, 1.165) is 55.7 Å². The maximum absolute atomic E-state index is 12.9. The Kier molecular flexibility index (Phi) is 7.55. The van der Waals surface area contributed by atoms with Gasteiger partial charge in [-0.25, -0.2) is 4.68 Å². The summed E-state index contributed by atoms with van der Waals surface area (Å²) in [4.78, 5) is 32.0. The van der Waals surface area contributed by atoms with Crippen molar-refractivity contribution >= 4 is 34.9 Å². The molecule has 1 aromatic heterocycles. The first kappa shape index (κ1) is 23.6. The zero-order valence-electron chi connectivity index (χ0n) is 19.5. The van der Waals surface area contributed by atoms with Gasteiger partial charge in [0.1, 0.15) is 11.9 Å². The van der Waals surface area contributed by atoms with Crippen molar-refractivity contribution in [3.63, 3.8) is 0 Å². The summed E-state index contributed by atoms with van der Waals surface area (Å²) >= 11 is 6.12. The summed E-state index contributed by atoms with van der Waals surface area (Å²) in [5, 5.41) is 8.26. The molecule has 1 N–H and O–H groups in total. The van der Waals surface area contributed by atoms with E-state index in [-0.39, 0.29) is 11.8 Å². The molecule has 9 heteroatoms. The minimum Gasteiger partial charge on any atom is -0.369 e. The van der Waals surface area contributed by atoms with Gasteiger partial charge >= 0.3 is 0 Å². The Bertz CT molecular complexity index is 985. The van der Waals surface area contributed by atoms with E-state index in [1.54, 1.807) is 4.90 Å². The Labute approximate surface area is 200 Å². The number of anilines is 2. The molecule has 0 saturated carbocycles. The van der Waals surface area contributed by atoms with Gasteiger partial charge in [-0.1, -0.05) is 24.6 Å². The van der Waals surface area contributed by atoms with Crippen LogP contribution in [0.2, 0.25) is 5.02 Å². The number of aromatic nitrogens is 2. The molecular weight excluding hydrogens is 440 g/mol. The largest absolute Gasteiger partial charge is 0.369 e. The first-order valence-electron chi connectivity index (χ1n) is 11.8. The molecule has 0 bridgehead atoms. The molecule has 33 heavy (non-hydrogen) atoms. The zero-order valence-corrected chi connectivity index (χ0v) is 20.2.